The van der Waals surface area contributed by atoms with Crippen LogP contribution in [0.2, 0.25) is 5.02 Å². The maximum absolute atomic E-state index is 13.8. The van der Waals surface area contributed by atoms with Gasteiger partial charge in [-0.3, -0.25) is 5.10 Å². The molecule has 0 aliphatic carbocycles. The number of hydrogen-bond donors (Lipinski definition) is 4. The number of benzene rings is 2. The number of aromatic nitrogens is 3. The fourth-order valence-electron chi connectivity index (χ4n) is 3.60. The van der Waals surface area contributed by atoms with Gasteiger partial charge in [-0.1, -0.05) is 35.1 Å². The summed E-state index contributed by atoms with van der Waals surface area (Å²) in [5, 5.41) is 37.2. The molecule has 0 bridgehead atoms. The average Bonchev–Trinajstić information content (AvgIpc) is 3.43. The molecule has 2 aromatic heterocycles. The van der Waals surface area contributed by atoms with Crippen molar-refractivity contribution in [3.8, 4) is 5.88 Å². The minimum Gasteiger partial charge on any atom is -0.492 e. The van der Waals surface area contributed by atoms with Crippen LogP contribution in [0.5, 0.6) is 5.88 Å². The van der Waals surface area contributed by atoms with Crippen LogP contribution < -0.4 is 4.90 Å². The third kappa shape index (κ3) is 5.43. The van der Waals surface area contributed by atoms with E-state index in [1.54, 1.807) is 29.3 Å². The van der Waals surface area contributed by atoms with E-state index in [1.165, 1.54) is 18.2 Å². The Morgan fingerprint density at radius 1 is 1.11 bits per heavy atom. The van der Waals surface area contributed by atoms with Crippen LogP contribution in [-0.2, 0) is 6.18 Å². The van der Waals surface area contributed by atoms with Gasteiger partial charge in [-0.15, -0.1) is 0 Å². The third-order valence-electron chi connectivity index (χ3n) is 5.22. The SMILES string of the molecule is OCCN(CCO)c1nc(O)c(C(=Cc2ccc(Cl)cc2C(F)(F)F)c2ccc3[nH]ncc3c2)s1. The number of anilines is 1. The molecule has 184 valence electrons. The molecule has 4 N–H and O–H groups in total. The van der Waals surface area contributed by atoms with Gasteiger partial charge in [0.05, 0.1) is 30.5 Å². The van der Waals surface area contributed by atoms with E-state index in [0.717, 1.165) is 28.3 Å². The highest BCUT2D eigenvalue weighted by molar-refractivity contribution is 7.17. The van der Waals surface area contributed by atoms with E-state index in [4.69, 9.17) is 11.6 Å². The largest absolute Gasteiger partial charge is 0.492 e. The number of aliphatic hydroxyl groups is 2. The highest BCUT2D eigenvalue weighted by Gasteiger charge is 2.33. The molecule has 0 spiro atoms. The molecule has 2 aromatic carbocycles. The van der Waals surface area contributed by atoms with Gasteiger partial charge in [-0.05, 0) is 41.5 Å². The molecule has 0 radical (unpaired) electrons. The molecule has 0 saturated heterocycles. The summed E-state index contributed by atoms with van der Waals surface area (Å²) in [5.74, 6) is -0.382. The molecule has 7 nitrogen and oxygen atoms in total. The summed E-state index contributed by atoms with van der Waals surface area (Å²) in [6.07, 6.45) is -1.74. The van der Waals surface area contributed by atoms with Crippen LogP contribution in [0.15, 0.2) is 42.6 Å². The van der Waals surface area contributed by atoms with Crippen molar-refractivity contribution in [2.75, 3.05) is 31.2 Å². The van der Waals surface area contributed by atoms with Gasteiger partial charge in [0.25, 0.3) is 0 Å². The Balaban J connectivity index is 1.92. The van der Waals surface area contributed by atoms with Crippen LogP contribution in [0.4, 0.5) is 18.3 Å². The van der Waals surface area contributed by atoms with E-state index in [0.29, 0.717) is 16.3 Å². The van der Waals surface area contributed by atoms with E-state index in [9.17, 15) is 28.5 Å². The molecule has 12 heteroatoms. The predicted octanol–water partition coefficient (Wildman–Crippen LogP) is 4.78. The molecule has 0 amide bonds. The molecule has 0 unspecified atom stereocenters. The lowest BCUT2D eigenvalue weighted by atomic mass is 9.98. The minimum absolute atomic E-state index is 0.0533. The number of aromatic hydroxyl groups is 1. The number of aromatic amines is 1. The van der Waals surface area contributed by atoms with Crippen molar-refractivity contribution in [1.82, 2.24) is 15.2 Å². The van der Waals surface area contributed by atoms with E-state index in [-0.39, 0.29) is 47.6 Å². The van der Waals surface area contributed by atoms with Crippen LogP contribution in [-0.4, -0.2) is 56.8 Å². The zero-order valence-corrected chi connectivity index (χ0v) is 19.6. The van der Waals surface area contributed by atoms with Gasteiger partial charge in [0.2, 0.25) is 5.88 Å². The Bertz CT molecular complexity index is 1360. The van der Waals surface area contributed by atoms with E-state index in [2.05, 4.69) is 15.2 Å². The zero-order valence-electron chi connectivity index (χ0n) is 18.1. The molecule has 0 saturated carbocycles. The summed E-state index contributed by atoms with van der Waals surface area (Å²) in [4.78, 5) is 5.96. The van der Waals surface area contributed by atoms with E-state index >= 15 is 0 Å². The molecule has 0 atom stereocenters. The maximum atomic E-state index is 13.8. The van der Waals surface area contributed by atoms with Crippen LogP contribution in [0.1, 0.15) is 21.6 Å². The smallest absolute Gasteiger partial charge is 0.417 e. The number of fused-ring (bicyclic) bond motifs is 1. The van der Waals surface area contributed by atoms with Crippen molar-refractivity contribution in [2.24, 2.45) is 0 Å². The molecule has 4 rings (SSSR count). The molecule has 4 aromatic rings. The van der Waals surface area contributed by atoms with Gasteiger partial charge in [0, 0.05) is 29.1 Å². The second-order valence-corrected chi connectivity index (χ2v) is 8.96. The molecular weight excluding hydrogens is 505 g/mol. The first-order valence-electron chi connectivity index (χ1n) is 10.4. The second-order valence-electron chi connectivity index (χ2n) is 7.54. The molecule has 35 heavy (non-hydrogen) atoms. The number of thiazole rings is 1. The highest BCUT2D eigenvalue weighted by Crippen LogP contribution is 2.42. The van der Waals surface area contributed by atoms with Gasteiger partial charge in [-0.25, -0.2) is 0 Å². The first-order valence-corrected chi connectivity index (χ1v) is 11.6. The van der Waals surface area contributed by atoms with Crippen molar-refractivity contribution in [3.05, 3.63) is 69.2 Å². The number of nitrogens with one attached hydrogen (secondary N) is 1. The van der Waals surface area contributed by atoms with Crippen LogP contribution in [0, 0.1) is 0 Å². The summed E-state index contributed by atoms with van der Waals surface area (Å²) >= 11 is 6.88. The predicted molar refractivity (Wildman–Crippen MR) is 130 cm³/mol. The monoisotopic (exact) mass is 524 g/mol. The van der Waals surface area contributed by atoms with Crippen LogP contribution in [0.25, 0.3) is 22.6 Å². The lowest BCUT2D eigenvalue weighted by Crippen LogP contribution is -2.29. The standard InChI is InChI=1S/C23H20ClF3N4O3S/c24-16-3-1-14(18(11-16)23(25,26)27)10-17(13-2-4-19-15(9-13)12-28-30-19)20-21(34)29-22(35-20)31(5-7-32)6-8-33/h1-4,9-12,32-34H,5-8H2,(H,28,30). The topological polar surface area (TPSA) is 106 Å². The summed E-state index contributed by atoms with van der Waals surface area (Å²) in [5.41, 5.74) is 0.514. The van der Waals surface area contributed by atoms with Gasteiger partial charge in [0.15, 0.2) is 5.13 Å². The number of aliphatic hydroxyl groups excluding tert-OH is 2. The van der Waals surface area contributed by atoms with Gasteiger partial charge in [0.1, 0.15) is 4.88 Å². The summed E-state index contributed by atoms with van der Waals surface area (Å²) in [6, 6.07) is 8.67. The second kappa shape index (κ2) is 10.2. The van der Waals surface area contributed by atoms with Gasteiger partial charge in [-0.2, -0.15) is 23.3 Å². The Hall–Kier alpha value is -3.12. The Kier molecular flexibility index (Phi) is 7.31. The number of alkyl halides is 3. The summed E-state index contributed by atoms with van der Waals surface area (Å²) in [6.45, 7) is -0.116. The number of rotatable bonds is 8. The molecule has 2 heterocycles. The first kappa shape index (κ1) is 25.0. The Morgan fingerprint density at radius 3 is 2.54 bits per heavy atom. The summed E-state index contributed by atoms with van der Waals surface area (Å²) < 4.78 is 41.4. The number of halogens is 4. The van der Waals surface area contributed by atoms with E-state index < -0.39 is 11.7 Å². The highest BCUT2D eigenvalue weighted by atomic mass is 35.5. The fourth-order valence-corrected chi connectivity index (χ4v) is 4.82. The molecule has 0 fully saturated rings. The maximum Gasteiger partial charge on any atom is 0.417 e. The number of hydrogen-bond acceptors (Lipinski definition) is 7. The fraction of sp³-hybridized carbons (Fsp3) is 0.217. The van der Waals surface area contributed by atoms with Crippen LogP contribution >= 0.6 is 22.9 Å². The Labute approximate surface area is 206 Å². The third-order valence-corrected chi connectivity index (χ3v) is 6.60. The van der Waals surface area contributed by atoms with E-state index in [1.807, 2.05) is 0 Å². The quantitative estimate of drug-likeness (QED) is 0.247. The minimum atomic E-state index is -4.66. The number of H-pyrrole nitrogens is 1. The van der Waals surface area contributed by atoms with Gasteiger partial charge >= 0.3 is 6.18 Å². The van der Waals surface area contributed by atoms with Crippen molar-refractivity contribution in [2.45, 2.75) is 6.18 Å². The first-order chi connectivity index (χ1) is 16.7. The van der Waals surface area contributed by atoms with Crippen molar-refractivity contribution >= 4 is 50.6 Å². The summed E-state index contributed by atoms with van der Waals surface area (Å²) in [7, 11) is 0. The molecule has 0 aliphatic rings. The van der Waals surface area contributed by atoms with Crippen molar-refractivity contribution in [3.63, 3.8) is 0 Å². The lowest BCUT2D eigenvalue weighted by molar-refractivity contribution is -0.137. The van der Waals surface area contributed by atoms with Gasteiger partial charge < -0.3 is 20.2 Å². The lowest BCUT2D eigenvalue weighted by Gasteiger charge is -2.18. The van der Waals surface area contributed by atoms with Crippen molar-refractivity contribution in [1.29, 1.82) is 0 Å². The van der Waals surface area contributed by atoms with Crippen LogP contribution in [0.3, 0.4) is 0 Å². The average molecular weight is 525 g/mol. The normalized spacial score (nSPS) is 12.5. The van der Waals surface area contributed by atoms with Crippen molar-refractivity contribution < 1.29 is 28.5 Å². The molecular formula is C23H20ClF3N4O3S. The number of nitrogens with zero attached hydrogens (tertiary/aromatic N) is 3. The Morgan fingerprint density at radius 2 is 1.86 bits per heavy atom. The zero-order chi connectivity index (χ0) is 25.2. The molecule has 0 aliphatic heterocycles.